The van der Waals surface area contributed by atoms with E-state index in [1.807, 2.05) is 34.6 Å². The number of aliphatic carboxylic acids is 2. The summed E-state index contributed by atoms with van der Waals surface area (Å²) in [5.74, 6) is -10.0. The number of aliphatic imine (C=N–C) groups is 1. The fraction of sp³-hybridized carbons (Fsp3) is 0.727. The van der Waals surface area contributed by atoms with E-state index in [9.17, 15) is 60.2 Å². The lowest BCUT2D eigenvalue weighted by atomic mass is 9.96. The Balaban J connectivity index is -0.00000196. The first-order valence-corrected chi connectivity index (χ1v) is 18.1. The Kier molecular flexibility index (Phi) is 28.3. The van der Waals surface area contributed by atoms with Gasteiger partial charge in [0.15, 0.2) is 5.96 Å². The standard InChI is InChI=1S/C29H56N10O7.2C2HF3O2/c1-7-17(6)23(39-27(45)21(12-16(4)5)38-25(43)18(30)14-40)28(46)35-13-22(41)36-19(9-8-10-34-29(32)33)26(44)37-20(24(31)42)11-15(2)3;2*3-2(4,5)1(6)7/h15-21,23,40H,7-14,30H2,1-6H3,(H2,31,42)(H,35,46)(H,36,41)(H,37,44)(H,38,43)(H,39,45)(H4,32,33,34);2*(H,6,7)/t17-,18-,19-,20-,21-,23-;;/m0../s1. The van der Waals surface area contributed by atoms with Crippen LogP contribution in [0.15, 0.2) is 4.99 Å². The van der Waals surface area contributed by atoms with Gasteiger partial charge < -0.3 is 64.8 Å². The Bertz CT molecular complexity index is 1420. The molecule has 27 heteroatoms. The number of guanidine groups is 1. The van der Waals surface area contributed by atoms with Crippen LogP contribution in [-0.4, -0.2) is 131 Å². The largest absolute Gasteiger partial charge is 0.490 e. The van der Waals surface area contributed by atoms with Gasteiger partial charge in [0, 0.05) is 6.54 Å². The highest BCUT2D eigenvalue weighted by Gasteiger charge is 2.39. The van der Waals surface area contributed by atoms with E-state index in [0.717, 1.165) is 0 Å². The smallest absolute Gasteiger partial charge is 0.475 e. The highest BCUT2D eigenvalue weighted by atomic mass is 19.4. The van der Waals surface area contributed by atoms with Crippen molar-refractivity contribution in [3.05, 3.63) is 0 Å². The SMILES string of the molecule is CC[C@H](C)[C@H](NC(=O)[C@H](CC(C)C)NC(=O)[C@@H](N)CO)C(=O)NCC(=O)N[C@@H](CCCN=C(N)N)C(=O)N[C@@H](CC(C)C)C(N)=O.O=C(O)C(F)(F)F.O=C(O)C(F)(F)F. The van der Waals surface area contributed by atoms with E-state index in [-0.39, 0.29) is 43.1 Å². The molecule has 60 heavy (non-hydrogen) atoms. The summed E-state index contributed by atoms with van der Waals surface area (Å²) in [7, 11) is 0. The van der Waals surface area contributed by atoms with Crippen molar-refractivity contribution in [2.45, 2.75) is 116 Å². The summed E-state index contributed by atoms with van der Waals surface area (Å²) in [5, 5.41) is 36.3. The number of carboxylic acids is 2. The third-order valence-electron chi connectivity index (χ3n) is 7.54. The molecule has 0 bridgehead atoms. The molecule has 0 heterocycles. The van der Waals surface area contributed by atoms with Crippen molar-refractivity contribution in [1.29, 1.82) is 0 Å². The fourth-order valence-electron chi connectivity index (χ4n) is 4.31. The number of amides is 6. The molecule has 0 aromatic heterocycles. The van der Waals surface area contributed by atoms with Crippen molar-refractivity contribution < 1.29 is 80.0 Å². The van der Waals surface area contributed by atoms with Crippen molar-refractivity contribution in [2.24, 2.45) is 45.7 Å². The molecule has 0 aromatic rings. The van der Waals surface area contributed by atoms with E-state index in [0.29, 0.717) is 19.3 Å². The van der Waals surface area contributed by atoms with E-state index in [1.54, 1.807) is 6.92 Å². The van der Waals surface area contributed by atoms with Crippen molar-refractivity contribution in [2.75, 3.05) is 19.7 Å². The zero-order valence-electron chi connectivity index (χ0n) is 33.9. The van der Waals surface area contributed by atoms with Crippen LogP contribution in [0.5, 0.6) is 0 Å². The molecule has 0 aromatic carbocycles. The first kappa shape index (κ1) is 58.8. The summed E-state index contributed by atoms with van der Waals surface area (Å²) in [6, 6.07) is -5.35. The highest BCUT2D eigenvalue weighted by Crippen LogP contribution is 2.14. The quantitative estimate of drug-likeness (QED) is 0.0250. The van der Waals surface area contributed by atoms with Gasteiger partial charge in [0.05, 0.1) is 13.2 Å². The number of alkyl halides is 6. The first-order chi connectivity index (χ1) is 27.3. The van der Waals surface area contributed by atoms with Gasteiger partial charge in [0.2, 0.25) is 35.4 Å². The van der Waals surface area contributed by atoms with Crippen LogP contribution < -0.4 is 49.5 Å². The number of primary amides is 1. The summed E-state index contributed by atoms with van der Waals surface area (Å²) < 4.78 is 63.5. The number of rotatable bonds is 22. The highest BCUT2D eigenvalue weighted by molar-refractivity contribution is 5.95. The monoisotopic (exact) mass is 884 g/mol. The molecular weight excluding hydrogens is 826 g/mol. The molecule has 0 unspecified atom stereocenters. The van der Waals surface area contributed by atoms with Gasteiger partial charge in [-0.05, 0) is 43.4 Å². The van der Waals surface area contributed by atoms with Crippen LogP contribution in [0.2, 0.25) is 0 Å². The number of nitrogens with two attached hydrogens (primary N) is 4. The lowest BCUT2D eigenvalue weighted by molar-refractivity contribution is -0.193. The predicted octanol–water partition coefficient (Wildman–Crippen LogP) is -1.69. The number of aliphatic hydroxyl groups is 1. The Morgan fingerprint density at radius 1 is 0.667 bits per heavy atom. The number of nitrogens with one attached hydrogen (secondary N) is 5. The Morgan fingerprint density at radius 3 is 1.48 bits per heavy atom. The summed E-state index contributed by atoms with van der Waals surface area (Å²) in [5.41, 5.74) is 21.7. The second kappa shape index (κ2) is 28.9. The Hall–Kier alpha value is -5.47. The second-order valence-electron chi connectivity index (χ2n) is 13.8. The molecule has 0 saturated heterocycles. The zero-order chi connectivity index (χ0) is 47.7. The van der Waals surface area contributed by atoms with Gasteiger partial charge in [-0.2, -0.15) is 26.3 Å². The molecule has 0 saturated carbocycles. The van der Waals surface area contributed by atoms with Crippen LogP contribution in [-0.2, 0) is 38.4 Å². The van der Waals surface area contributed by atoms with E-state index in [4.69, 9.17) is 42.7 Å². The van der Waals surface area contributed by atoms with Crippen LogP contribution in [0, 0.1) is 17.8 Å². The Morgan fingerprint density at radius 2 is 1.10 bits per heavy atom. The van der Waals surface area contributed by atoms with E-state index in [1.165, 1.54) is 0 Å². The number of carbonyl (C=O) groups is 8. The Labute approximate surface area is 341 Å². The molecule has 0 aliphatic carbocycles. The van der Waals surface area contributed by atoms with Crippen molar-refractivity contribution in [3.63, 3.8) is 0 Å². The van der Waals surface area contributed by atoms with E-state index >= 15 is 0 Å². The van der Waals surface area contributed by atoms with Crippen molar-refractivity contribution in [1.82, 2.24) is 26.6 Å². The maximum absolute atomic E-state index is 13.2. The lowest BCUT2D eigenvalue weighted by Gasteiger charge is -2.27. The van der Waals surface area contributed by atoms with Gasteiger partial charge in [-0.25, -0.2) is 9.59 Å². The molecule has 0 radical (unpaired) electrons. The molecule has 21 nitrogen and oxygen atoms in total. The average Bonchev–Trinajstić information content (AvgIpc) is 3.11. The molecule has 0 rings (SSSR count). The summed E-state index contributed by atoms with van der Waals surface area (Å²) in [6.45, 7) is 10.0. The van der Waals surface area contributed by atoms with Crippen LogP contribution >= 0.6 is 0 Å². The molecule has 0 aliphatic heterocycles. The third kappa shape index (κ3) is 28.0. The number of halogens is 6. The zero-order valence-corrected chi connectivity index (χ0v) is 33.9. The molecule has 0 spiro atoms. The maximum atomic E-state index is 13.2. The van der Waals surface area contributed by atoms with Gasteiger partial charge in [-0.1, -0.05) is 48.0 Å². The van der Waals surface area contributed by atoms with E-state index < -0.39 is 103 Å². The topological polar surface area (TPSA) is 374 Å². The lowest BCUT2D eigenvalue weighted by Crippen LogP contribution is -2.58. The second-order valence-corrected chi connectivity index (χ2v) is 13.8. The van der Waals surface area contributed by atoms with Gasteiger partial charge in [0.25, 0.3) is 0 Å². The fourth-order valence-corrected chi connectivity index (χ4v) is 4.31. The minimum Gasteiger partial charge on any atom is -0.475 e. The molecule has 6 amide bonds. The molecule has 348 valence electrons. The molecule has 0 fully saturated rings. The minimum atomic E-state index is -5.08. The van der Waals surface area contributed by atoms with Crippen LogP contribution in [0.4, 0.5) is 26.3 Å². The van der Waals surface area contributed by atoms with Gasteiger partial charge in [0.1, 0.15) is 30.2 Å². The number of nitrogens with zero attached hydrogens (tertiary/aromatic N) is 1. The molecule has 6 atom stereocenters. The van der Waals surface area contributed by atoms with Gasteiger partial charge in [-0.15, -0.1) is 0 Å². The number of hydrogen-bond donors (Lipinski definition) is 12. The normalized spacial score (nSPS) is 14.1. The number of aliphatic hydroxyl groups excluding tert-OH is 1. The number of carbonyl (C=O) groups excluding carboxylic acids is 6. The van der Waals surface area contributed by atoms with Crippen LogP contribution in [0.1, 0.15) is 73.6 Å². The van der Waals surface area contributed by atoms with Gasteiger partial charge >= 0.3 is 24.3 Å². The molecule has 16 N–H and O–H groups in total. The average molecular weight is 885 g/mol. The van der Waals surface area contributed by atoms with Crippen LogP contribution in [0.3, 0.4) is 0 Å². The summed E-state index contributed by atoms with van der Waals surface area (Å²) in [4.78, 5) is 98.2. The third-order valence-corrected chi connectivity index (χ3v) is 7.54. The van der Waals surface area contributed by atoms with Crippen molar-refractivity contribution in [3.8, 4) is 0 Å². The molecular formula is C33H58F6N10O11. The van der Waals surface area contributed by atoms with Crippen molar-refractivity contribution >= 4 is 53.3 Å². The number of hydrogen-bond acceptors (Lipinski definition) is 11. The first-order valence-electron chi connectivity index (χ1n) is 18.1. The van der Waals surface area contributed by atoms with Gasteiger partial charge in [-0.3, -0.25) is 33.8 Å². The summed E-state index contributed by atoms with van der Waals surface area (Å²) >= 11 is 0. The predicted molar refractivity (Wildman–Crippen MR) is 201 cm³/mol. The number of carboxylic acid groups (broad SMARTS) is 2. The molecule has 0 aliphatic rings. The summed E-state index contributed by atoms with van der Waals surface area (Å²) in [6.07, 6.45) is -8.70. The minimum absolute atomic E-state index is 0.00536. The maximum Gasteiger partial charge on any atom is 0.490 e. The van der Waals surface area contributed by atoms with Crippen LogP contribution in [0.25, 0.3) is 0 Å². The van der Waals surface area contributed by atoms with E-state index in [2.05, 4.69) is 31.6 Å².